The van der Waals surface area contributed by atoms with Crippen molar-refractivity contribution in [2.75, 3.05) is 5.73 Å². The normalized spacial score (nSPS) is 12.0. The maximum atomic E-state index is 12.8. The van der Waals surface area contributed by atoms with Gasteiger partial charge in [0.25, 0.3) is 5.91 Å². The molecule has 2 aromatic rings. The predicted octanol–water partition coefficient (Wildman–Crippen LogP) is 3.42. The van der Waals surface area contributed by atoms with E-state index in [9.17, 15) is 9.18 Å². The van der Waals surface area contributed by atoms with Crippen LogP contribution in [0.25, 0.3) is 0 Å². The second kappa shape index (κ2) is 6.59. The van der Waals surface area contributed by atoms with Gasteiger partial charge in [-0.1, -0.05) is 29.8 Å². The highest BCUT2D eigenvalue weighted by Gasteiger charge is 2.14. The van der Waals surface area contributed by atoms with E-state index >= 15 is 0 Å². The molecule has 1 unspecified atom stereocenters. The molecule has 3 nitrogen and oxygen atoms in total. The van der Waals surface area contributed by atoms with E-state index in [0.29, 0.717) is 17.7 Å². The molecule has 21 heavy (non-hydrogen) atoms. The molecule has 2 rings (SSSR count). The minimum atomic E-state index is -0.276. The van der Waals surface area contributed by atoms with Gasteiger partial charge in [-0.05, 0) is 43.2 Å². The van der Waals surface area contributed by atoms with Crippen LogP contribution in [0.1, 0.15) is 22.8 Å². The fourth-order valence-electron chi connectivity index (χ4n) is 2.05. The Bertz CT molecular complexity index is 643. The van der Waals surface area contributed by atoms with Crippen molar-refractivity contribution in [3.8, 4) is 0 Å². The first kappa shape index (κ1) is 15.3. The number of rotatable bonds is 4. The summed E-state index contributed by atoms with van der Waals surface area (Å²) in [6.07, 6.45) is 0.603. The number of carbonyl (C=O) groups is 1. The van der Waals surface area contributed by atoms with Gasteiger partial charge in [0.15, 0.2) is 0 Å². The van der Waals surface area contributed by atoms with Crippen LogP contribution in [-0.4, -0.2) is 11.9 Å². The molecule has 0 aliphatic carbocycles. The Morgan fingerprint density at radius 1 is 1.29 bits per heavy atom. The predicted molar refractivity (Wildman–Crippen MR) is 82.9 cm³/mol. The highest BCUT2D eigenvalue weighted by Crippen LogP contribution is 2.23. The van der Waals surface area contributed by atoms with Gasteiger partial charge >= 0.3 is 0 Å². The van der Waals surface area contributed by atoms with E-state index in [0.717, 1.165) is 5.56 Å². The van der Waals surface area contributed by atoms with Crippen LogP contribution in [0, 0.1) is 5.82 Å². The second-order valence-corrected chi connectivity index (χ2v) is 5.29. The van der Waals surface area contributed by atoms with Gasteiger partial charge in [0.2, 0.25) is 0 Å². The molecule has 0 heterocycles. The maximum absolute atomic E-state index is 12.8. The number of nitrogens with one attached hydrogen (secondary N) is 1. The third-order valence-electron chi connectivity index (χ3n) is 3.11. The molecular formula is C16H16ClFN2O. The van der Waals surface area contributed by atoms with E-state index in [-0.39, 0.29) is 22.8 Å². The van der Waals surface area contributed by atoms with Gasteiger partial charge < -0.3 is 11.1 Å². The fourth-order valence-corrected chi connectivity index (χ4v) is 2.26. The van der Waals surface area contributed by atoms with E-state index in [1.54, 1.807) is 30.3 Å². The summed E-state index contributed by atoms with van der Waals surface area (Å²) in [5.74, 6) is -0.552. The van der Waals surface area contributed by atoms with E-state index in [1.807, 2.05) is 6.92 Å². The smallest absolute Gasteiger partial charge is 0.253 e. The first-order valence-electron chi connectivity index (χ1n) is 6.56. The molecule has 0 spiro atoms. The Hall–Kier alpha value is -2.07. The fraction of sp³-hybridized carbons (Fsp3) is 0.188. The summed E-state index contributed by atoms with van der Waals surface area (Å²) in [5.41, 5.74) is 7.35. The van der Waals surface area contributed by atoms with Crippen molar-refractivity contribution in [1.82, 2.24) is 5.32 Å². The van der Waals surface area contributed by atoms with E-state index in [4.69, 9.17) is 17.3 Å². The summed E-state index contributed by atoms with van der Waals surface area (Å²) in [5, 5.41) is 3.11. The van der Waals surface area contributed by atoms with E-state index in [1.165, 1.54) is 12.1 Å². The van der Waals surface area contributed by atoms with Crippen molar-refractivity contribution in [1.29, 1.82) is 0 Å². The summed E-state index contributed by atoms with van der Waals surface area (Å²) in [6.45, 7) is 1.88. The third kappa shape index (κ3) is 3.95. The second-order valence-electron chi connectivity index (χ2n) is 4.91. The number of carbonyl (C=O) groups excluding carboxylic acids is 1. The Kier molecular flexibility index (Phi) is 4.81. The summed E-state index contributed by atoms with van der Waals surface area (Å²) in [7, 11) is 0. The average Bonchev–Trinajstić information content (AvgIpc) is 2.44. The van der Waals surface area contributed by atoms with Crippen molar-refractivity contribution in [2.24, 2.45) is 0 Å². The quantitative estimate of drug-likeness (QED) is 0.850. The van der Waals surface area contributed by atoms with Crippen LogP contribution < -0.4 is 11.1 Å². The lowest BCUT2D eigenvalue weighted by atomic mass is 10.1. The van der Waals surface area contributed by atoms with Crippen molar-refractivity contribution >= 4 is 23.2 Å². The van der Waals surface area contributed by atoms with Crippen LogP contribution in [0.5, 0.6) is 0 Å². The topological polar surface area (TPSA) is 55.1 Å². The molecule has 5 heteroatoms. The number of hydrogen-bond acceptors (Lipinski definition) is 2. The number of nitrogens with two attached hydrogens (primary N) is 1. The molecule has 2 aromatic carbocycles. The zero-order chi connectivity index (χ0) is 15.4. The van der Waals surface area contributed by atoms with Crippen molar-refractivity contribution < 1.29 is 9.18 Å². The summed E-state index contributed by atoms with van der Waals surface area (Å²) in [6, 6.07) is 11.0. The van der Waals surface area contributed by atoms with Gasteiger partial charge in [0.05, 0.1) is 16.3 Å². The largest absolute Gasteiger partial charge is 0.398 e. The van der Waals surface area contributed by atoms with Crippen LogP contribution in [0.3, 0.4) is 0 Å². The van der Waals surface area contributed by atoms with Crippen LogP contribution >= 0.6 is 11.6 Å². The molecular weight excluding hydrogens is 291 g/mol. The highest BCUT2D eigenvalue weighted by molar-refractivity contribution is 6.36. The van der Waals surface area contributed by atoms with Crippen molar-refractivity contribution in [3.63, 3.8) is 0 Å². The van der Waals surface area contributed by atoms with Gasteiger partial charge in [0.1, 0.15) is 5.82 Å². The Morgan fingerprint density at radius 3 is 2.62 bits per heavy atom. The molecule has 0 aromatic heterocycles. The molecule has 1 amide bonds. The van der Waals surface area contributed by atoms with Gasteiger partial charge in [-0.2, -0.15) is 0 Å². The molecule has 0 saturated carbocycles. The van der Waals surface area contributed by atoms with Gasteiger partial charge in [0, 0.05) is 6.04 Å². The van der Waals surface area contributed by atoms with Crippen LogP contribution in [-0.2, 0) is 6.42 Å². The lowest BCUT2D eigenvalue weighted by Crippen LogP contribution is -2.34. The first-order chi connectivity index (χ1) is 9.97. The number of halogens is 2. The van der Waals surface area contributed by atoms with Crippen LogP contribution in [0.2, 0.25) is 5.02 Å². The van der Waals surface area contributed by atoms with Crippen LogP contribution in [0.4, 0.5) is 10.1 Å². The van der Waals surface area contributed by atoms with Crippen molar-refractivity contribution in [3.05, 3.63) is 64.4 Å². The number of anilines is 1. The zero-order valence-corrected chi connectivity index (χ0v) is 12.3. The standard InChI is InChI=1S/C16H16ClFN2O/c1-10(9-11-5-7-12(18)8-6-11)20-16(21)13-3-2-4-14(19)15(13)17/h2-8,10H,9,19H2,1H3,(H,20,21). The number of hydrogen-bond donors (Lipinski definition) is 2. The Balaban J connectivity index is 2.02. The summed E-state index contributed by atoms with van der Waals surface area (Å²) < 4.78 is 12.8. The molecule has 110 valence electrons. The number of nitrogen functional groups attached to an aromatic ring is 1. The highest BCUT2D eigenvalue weighted by atomic mass is 35.5. The molecule has 0 bridgehead atoms. The molecule has 0 saturated heterocycles. The molecule has 0 fully saturated rings. The minimum Gasteiger partial charge on any atom is -0.398 e. The summed E-state index contributed by atoms with van der Waals surface area (Å²) in [4.78, 5) is 12.2. The molecule has 0 aliphatic rings. The molecule has 0 aliphatic heterocycles. The lowest BCUT2D eigenvalue weighted by Gasteiger charge is -2.15. The van der Waals surface area contributed by atoms with Crippen molar-refractivity contribution in [2.45, 2.75) is 19.4 Å². The average molecular weight is 307 g/mol. The van der Waals surface area contributed by atoms with Crippen LogP contribution in [0.15, 0.2) is 42.5 Å². The van der Waals surface area contributed by atoms with Gasteiger partial charge in [-0.3, -0.25) is 4.79 Å². The molecule has 1 atom stereocenters. The molecule has 3 N–H and O–H groups in total. The first-order valence-corrected chi connectivity index (χ1v) is 6.94. The zero-order valence-electron chi connectivity index (χ0n) is 11.6. The number of benzene rings is 2. The van der Waals surface area contributed by atoms with E-state index in [2.05, 4.69) is 5.32 Å². The monoisotopic (exact) mass is 306 g/mol. The number of amides is 1. The maximum Gasteiger partial charge on any atom is 0.253 e. The van der Waals surface area contributed by atoms with Gasteiger partial charge in [-0.25, -0.2) is 4.39 Å². The Morgan fingerprint density at radius 2 is 1.95 bits per heavy atom. The summed E-state index contributed by atoms with van der Waals surface area (Å²) >= 11 is 6.02. The third-order valence-corrected chi connectivity index (χ3v) is 3.53. The lowest BCUT2D eigenvalue weighted by molar-refractivity contribution is 0.0940. The van der Waals surface area contributed by atoms with E-state index < -0.39 is 0 Å². The Labute approximate surface area is 127 Å². The SMILES string of the molecule is CC(Cc1ccc(F)cc1)NC(=O)c1cccc(N)c1Cl. The van der Waals surface area contributed by atoms with Gasteiger partial charge in [-0.15, -0.1) is 0 Å². The minimum absolute atomic E-state index is 0.111. The molecule has 0 radical (unpaired) electrons.